The van der Waals surface area contributed by atoms with E-state index in [0.29, 0.717) is 5.41 Å². The topological polar surface area (TPSA) is 0 Å². The van der Waals surface area contributed by atoms with E-state index in [1.165, 1.54) is 64.2 Å². The Labute approximate surface area is 110 Å². The van der Waals surface area contributed by atoms with Crippen LogP contribution in [-0.2, 0) is 0 Å². The molecular formula is C17H34. The smallest absolute Gasteiger partial charge is 0.0351 e. The van der Waals surface area contributed by atoms with Crippen LogP contribution in [0.2, 0.25) is 0 Å². The third-order valence-corrected chi connectivity index (χ3v) is 4.94. The lowest BCUT2D eigenvalue weighted by molar-refractivity contribution is 0.185. The third kappa shape index (κ3) is 5.93. The molecule has 2 atom stereocenters. The fourth-order valence-electron chi connectivity index (χ4n) is 3.45. The minimum Gasteiger partial charge on any atom is -0.0651 e. The fraction of sp³-hybridized carbons (Fsp3) is 1.00. The van der Waals surface area contributed by atoms with E-state index in [0.717, 1.165) is 11.8 Å². The lowest BCUT2D eigenvalue weighted by Gasteiger charge is -2.33. The molecule has 2 unspecified atom stereocenters. The van der Waals surface area contributed by atoms with Gasteiger partial charge in [0.1, 0.15) is 0 Å². The minimum absolute atomic E-state index is 0.582. The van der Waals surface area contributed by atoms with Gasteiger partial charge in [-0.05, 0) is 30.1 Å². The summed E-state index contributed by atoms with van der Waals surface area (Å²) in [6, 6.07) is 0. The van der Waals surface area contributed by atoms with Gasteiger partial charge in [-0.25, -0.2) is 0 Å². The predicted molar refractivity (Wildman–Crippen MR) is 78.3 cm³/mol. The Morgan fingerprint density at radius 1 is 1.00 bits per heavy atom. The van der Waals surface area contributed by atoms with Crippen molar-refractivity contribution >= 4 is 0 Å². The van der Waals surface area contributed by atoms with Gasteiger partial charge in [-0.1, -0.05) is 79.1 Å². The number of hydrogen-bond donors (Lipinski definition) is 0. The van der Waals surface area contributed by atoms with E-state index in [1.807, 2.05) is 0 Å². The Balaban J connectivity index is 2.58. The van der Waals surface area contributed by atoms with Crippen molar-refractivity contribution in [3.63, 3.8) is 0 Å². The van der Waals surface area contributed by atoms with Crippen LogP contribution >= 0.6 is 0 Å². The standard InChI is InChI=1S/C17H34/c1-5-15(2)16-12-10-8-6-7-9-11-13-17(3,4)14-16/h15-16H,5-14H2,1-4H3. The second-order valence-electron chi connectivity index (χ2n) is 7.17. The molecule has 0 heteroatoms. The molecule has 0 amide bonds. The summed E-state index contributed by atoms with van der Waals surface area (Å²) >= 11 is 0. The monoisotopic (exact) mass is 238 g/mol. The maximum absolute atomic E-state index is 2.50. The Bertz CT molecular complexity index is 192. The molecule has 102 valence electrons. The average Bonchev–Trinajstić information content (AvgIpc) is 2.32. The Hall–Kier alpha value is 0. The molecule has 0 nitrogen and oxygen atoms in total. The highest BCUT2D eigenvalue weighted by atomic mass is 14.3. The van der Waals surface area contributed by atoms with Crippen LogP contribution in [0, 0.1) is 17.3 Å². The quantitative estimate of drug-likeness (QED) is 0.537. The maximum atomic E-state index is 2.50. The average molecular weight is 238 g/mol. The van der Waals surface area contributed by atoms with E-state index in [-0.39, 0.29) is 0 Å². The van der Waals surface area contributed by atoms with E-state index < -0.39 is 0 Å². The van der Waals surface area contributed by atoms with E-state index in [2.05, 4.69) is 27.7 Å². The summed E-state index contributed by atoms with van der Waals surface area (Å²) in [5.41, 5.74) is 0.582. The van der Waals surface area contributed by atoms with Crippen molar-refractivity contribution in [1.82, 2.24) is 0 Å². The minimum atomic E-state index is 0.582. The molecule has 1 saturated carbocycles. The van der Waals surface area contributed by atoms with Crippen LogP contribution in [-0.4, -0.2) is 0 Å². The summed E-state index contributed by atoms with van der Waals surface area (Å²) in [4.78, 5) is 0. The van der Waals surface area contributed by atoms with Gasteiger partial charge in [-0.2, -0.15) is 0 Å². The molecule has 0 aliphatic heterocycles. The molecule has 17 heavy (non-hydrogen) atoms. The van der Waals surface area contributed by atoms with Gasteiger partial charge in [0.15, 0.2) is 0 Å². The van der Waals surface area contributed by atoms with Crippen LogP contribution in [0.25, 0.3) is 0 Å². The normalized spacial score (nSPS) is 29.3. The van der Waals surface area contributed by atoms with E-state index in [9.17, 15) is 0 Å². The fourth-order valence-corrected chi connectivity index (χ4v) is 3.45. The van der Waals surface area contributed by atoms with Gasteiger partial charge < -0.3 is 0 Å². The van der Waals surface area contributed by atoms with Crippen LogP contribution in [0.1, 0.15) is 91.9 Å². The maximum Gasteiger partial charge on any atom is -0.0351 e. The zero-order valence-corrected chi connectivity index (χ0v) is 12.7. The molecule has 1 fully saturated rings. The summed E-state index contributed by atoms with van der Waals surface area (Å²) in [7, 11) is 0. The Morgan fingerprint density at radius 3 is 2.24 bits per heavy atom. The molecule has 1 rings (SSSR count). The molecule has 0 aromatic rings. The van der Waals surface area contributed by atoms with E-state index in [4.69, 9.17) is 0 Å². The van der Waals surface area contributed by atoms with Crippen LogP contribution in [0.4, 0.5) is 0 Å². The first-order valence-corrected chi connectivity index (χ1v) is 8.05. The highest BCUT2D eigenvalue weighted by molar-refractivity contribution is 4.77. The molecule has 0 bridgehead atoms. The van der Waals surface area contributed by atoms with Gasteiger partial charge in [-0.3, -0.25) is 0 Å². The van der Waals surface area contributed by atoms with Crippen molar-refractivity contribution in [3.05, 3.63) is 0 Å². The Kier molecular flexibility index (Phi) is 6.59. The van der Waals surface area contributed by atoms with Gasteiger partial charge >= 0.3 is 0 Å². The molecule has 0 aromatic heterocycles. The van der Waals surface area contributed by atoms with Gasteiger partial charge in [0.2, 0.25) is 0 Å². The molecule has 0 N–H and O–H groups in total. The Morgan fingerprint density at radius 2 is 1.59 bits per heavy atom. The highest BCUT2D eigenvalue weighted by Crippen LogP contribution is 2.38. The molecule has 1 aliphatic rings. The van der Waals surface area contributed by atoms with E-state index >= 15 is 0 Å². The zero-order valence-electron chi connectivity index (χ0n) is 12.7. The second-order valence-corrected chi connectivity index (χ2v) is 7.17. The zero-order chi connectivity index (χ0) is 12.7. The van der Waals surface area contributed by atoms with Crippen molar-refractivity contribution in [2.24, 2.45) is 17.3 Å². The van der Waals surface area contributed by atoms with Crippen LogP contribution in [0.3, 0.4) is 0 Å². The van der Waals surface area contributed by atoms with Gasteiger partial charge in [0.25, 0.3) is 0 Å². The third-order valence-electron chi connectivity index (χ3n) is 4.94. The molecule has 1 aliphatic carbocycles. The lowest BCUT2D eigenvalue weighted by Crippen LogP contribution is -2.21. The molecular weight excluding hydrogens is 204 g/mol. The molecule has 0 saturated heterocycles. The summed E-state index contributed by atoms with van der Waals surface area (Å²) in [6.07, 6.45) is 14.6. The molecule has 0 heterocycles. The summed E-state index contributed by atoms with van der Waals surface area (Å²) in [6.45, 7) is 9.84. The SMILES string of the molecule is CCC(C)C1CCCCCCCCC(C)(C)C1. The van der Waals surface area contributed by atoms with Crippen molar-refractivity contribution < 1.29 is 0 Å². The largest absolute Gasteiger partial charge is 0.0651 e. The molecule has 0 aromatic carbocycles. The molecule has 0 radical (unpaired) electrons. The van der Waals surface area contributed by atoms with Crippen LogP contribution in [0.5, 0.6) is 0 Å². The second kappa shape index (κ2) is 7.44. The van der Waals surface area contributed by atoms with Crippen molar-refractivity contribution in [3.8, 4) is 0 Å². The first kappa shape index (κ1) is 15.1. The first-order chi connectivity index (χ1) is 8.05. The summed E-state index contributed by atoms with van der Waals surface area (Å²) in [5.74, 6) is 1.91. The molecule has 0 spiro atoms. The van der Waals surface area contributed by atoms with Crippen molar-refractivity contribution in [2.45, 2.75) is 91.9 Å². The number of rotatable bonds is 2. The van der Waals surface area contributed by atoms with E-state index in [1.54, 1.807) is 0 Å². The van der Waals surface area contributed by atoms with Crippen LogP contribution in [0.15, 0.2) is 0 Å². The van der Waals surface area contributed by atoms with Gasteiger partial charge in [0, 0.05) is 0 Å². The predicted octanol–water partition coefficient (Wildman–Crippen LogP) is 6.20. The lowest BCUT2D eigenvalue weighted by atomic mass is 9.73. The van der Waals surface area contributed by atoms with Gasteiger partial charge in [-0.15, -0.1) is 0 Å². The first-order valence-electron chi connectivity index (χ1n) is 8.05. The number of hydrogen-bond acceptors (Lipinski definition) is 0. The van der Waals surface area contributed by atoms with Crippen LogP contribution < -0.4 is 0 Å². The summed E-state index contributed by atoms with van der Waals surface area (Å²) in [5, 5.41) is 0. The summed E-state index contributed by atoms with van der Waals surface area (Å²) < 4.78 is 0. The van der Waals surface area contributed by atoms with Gasteiger partial charge in [0.05, 0.1) is 0 Å². The van der Waals surface area contributed by atoms with Crippen molar-refractivity contribution in [2.75, 3.05) is 0 Å². The van der Waals surface area contributed by atoms with Crippen molar-refractivity contribution in [1.29, 1.82) is 0 Å². The highest BCUT2D eigenvalue weighted by Gasteiger charge is 2.26.